The third-order valence-corrected chi connectivity index (χ3v) is 2.50. The van der Waals surface area contributed by atoms with E-state index in [1.165, 1.54) is 24.0 Å². The molecule has 0 bridgehead atoms. The van der Waals surface area contributed by atoms with Gasteiger partial charge in [0.05, 0.1) is 0 Å². The Morgan fingerprint density at radius 3 is 2.71 bits per heavy atom. The Labute approximate surface area is 85.2 Å². The molecule has 0 amide bonds. The summed E-state index contributed by atoms with van der Waals surface area (Å²) in [6.45, 7) is 0. The SMILES string of the molecule is Fc1cc(Sc2ccccn2)ccn1. The van der Waals surface area contributed by atoms with Crippen LogP contribution in [0.2, 0.25) is 0 Å². The van der Waals surface area contributed by atoms with Crippen LogP contribution in [0.15, 0.2) is 52.6 Å². The Balaban J connectivity index is 2.19. The lowest BCUT2D eigenvalue weighted by molar-refractivity contribution is 0.579. The summed E-state index contributed by atoms with van der Waals surface area (Å²) in [6, 6.07) is 8.76. The number of hydrogen-bond donors (Lipinski definition) is 0. The molecule has 0 unspecified atom stereocenters. The topological polar surface area (TPSA) is 25.8 Å². The maximum Gasteiger partial charge on any atom is 0.213 e. The smallest absolute Gasteiger partial charge is 0.213 e. The van der Waals surface area contributed by atoms with Crippen LogP contribution in [0, 0.1) is 5.95 Å². The van der Waals surface area contributed by atoms with Crippen molar-refractivity contribution < 1.29 is 4.39 Å². The van der Waals surface area contributed by atoms with E-state index in [0.717, 1.165) is 9.92 Å². The fraction of sp³-hybridized carbons (Fsp3) is 0. The Morgan fingerprint density at radius 1 is 1.07 bits per heavy atom. The molecule has 0 saturated heterocycles. The van der Waals surface area contributed by atoms with Crippen molar-refractivity contribution in [2.45, 2.75) is 9.92 Å². The molecule has 14 heavy (non-hydrogen) atoms. The van der Waals surface area contributed by atoms with Crippen molar-refractivity contribution in [1.29, 1.82) is 0 Å². The summed E-state index contributed by atoms with van der Waals surface area (Å²) in [6.07, 6.45) is 3.15. The molecule has 0 atom stereocenters. The van der Waals surface area contributed by atoms with Crippen LogP contribution >= 0.6 is 11.8 Å². The number of halogens is 1. The lowest BCUT2D eigenvalue weighted by Gasteiger charge is -1.98. The van der Waals surface area contributed by atoms with Gasteiger partial charge in [0, 0.05) is 23.4 Å². The summed E-state index contributed by atoms with van der Waals surface area (Å²) in [7, 11) is 0. The molecular formula is C10H7FN2S. The van der Waals surface area contributed by atoms with Gasteiger partial charge < -0.3 is 0 Å². The molecule has 0 radical (unpaired) electrons. The van der Waals surface area contributed by atoms with Gasteiger partial charge in [0.15, 0.2) is 0 Å². The predicted octanol–water partition coefficient (Wildman–Crippen LogP) is 2.77. The van der Waals surface area contributed by atoms with Gasteiger partial charge in [-0.2, -0.15) is 4.39 Å². The summed E-state index contributed by atoms with van der Waals surface area (Å²) < 4.78 is 12.7. The molecule has 2 nitrogen and oxygen atoms in total. The van der Waals surface area contributed by atoms with Crippen LogP contribution in [0.5, 0.6) is 0 Å². The first-order chi connectivity index (χ1) is 6.84. The van der Waals surface area contributed by atoms with E-state index in [1.54, 1.807) is 12.3 Å². The highest BCUT2D eigenvalue weighted by Crippen LogP contribution is 2.24. The van der Waals surface area contributed by atoms with Crippen LogP contribution in [0.1, 0.15) is 0 Å². The first-order valence-electron chi connectivity index (χ1n) is 4.05. The van der Waals surface area contributed by atoms with Gasteiger partial charge >= 0.3 is 0 Å². The maximum absolute atomic E-state index is 12.7. The molecule has 70 valence electrons. The lowest BCUT2D eigenvalue weighted by Crippen LogP contribution is -1.82. The highest BCUT2D eigenvalue weighted by molar-refractivity contribution is 7.99. The molecule has 0 aliphatic heterocycles. The van der Waals surface area contributed by atoms with Crippen molar-refractivity contribution in [3.63, 3.8) is 0 Å². The molecule has 0 saturated carbocycles. The first kappa shape index (κ1) is 9.15. The molecule has 0 aliphatic rings. The van der Waals surface area contributed by atoms with Gasteiger partial charge in [-0.3, -0.25) is 0 Å². The lowest BCUT2D eigenvalue weighted by atomic mass is 10.5. The predicted molar refractivity (Wildman–Crippen MR) is 52.6 cm³/mol. The number of pyridine rings is 2. The van der Waals surface area contributed by atoms with E-state index in [-0.39, 0.29) is 0 Å². The normalized spacial score (nSPS) is 10.1. The van der Waals surface area contributed by atoms with Crippen molar-refractivity contribution in [1.82, 2.24) is 9.97 Å². The zero-order valence-corrected chi connectivity index (χ0v) is 8.04. The minimum atomic E-state index is -0.467. The third kappa shape index (κ3) is 2.29. The fourth-order valence-corrected chi connectivity index (χ4v) is 1.76. The highest BCUT2D eigenvalue weighted by atomic mass is 32.2. The van der Waals surface area contributed by atoms with E-state index < -0.39 is 5.95 Å². The van der Waals surface area contributed by atoms with Crippen LogP contribution in [-0.2, 0) is 0 Å². The zero-order chi connectivity index (χ0) is 9.80. The quantitative estimate of drug-likeness (QED) is 0.706. The van der Waals surface area contributed by atoms with E-state index in [1.807, 2.05) is 18.2 Å². The fourth-order valence-electron chi connectivity index (χ4n) is 0.976. The van der Waals surface area contributed by atoms with Crippen LogP contribution in [0.4, 0.5) is 4.39 Å². The standard InChI is InChI=1S/C10H7FN2S/c11-9-7-8(4-6-12-9)14-10-3-1-2-5-13-10/h1-7H. The minimum absolute atomic E-state index is 0.467. The van der Waals surface area contributed by atoms with Crippen LogP contribution < -0.4 is 0 Å². The molecule has 0 aromatic carbocycles. The molecule has 2 heterocycles. The molecule has 2 aromatic heterocycles. The maximum atomic E-state index is 12.7. The second-order valence-electron chi connectivity index (χ2n) is 2.58. The van der Waals surface area contributed by atoms with Gasteiger partial charge in [0.25, 0.3) is 0 Å². The number of nitrogens with zero attached hydrogens (tertiary/aromatic N) is 2. The van der Waals surface area contributed by atoms with Crippen molar-refractivity contribution in [2.75, 3.05) is 0 Å². The summed E-state index contributed by atoms with van der Waals surface area (Å²) in [4.78, 5) is 8.41. The van der Waals surface area contributed by atoms with E-state index in [2.05, 4.69) is 9.97 Å². The summed E-state index contributed by atoms with van der Waals surface area (Å²) in [5.41, 5.74) is 0. The third-order valence-electron chi connectivity index (χ3n) is 1.56. The van der Waals surface area contributed by atoms with Gasteiger partial charge in [0.1, 0.15) is 5.03 Å². The van der Waals surface area contributed by atoms with E-state index in [0.29, 0.717) is 0 Å². The van der Waals surface area contributed by atoms with Crippen molar-refractivity contribution in [3.8, 4) is 0 Å². The van der Waals surface area contributed by atoms with Gasteiger partial charge in [0.2, 0.25) is 5.95 Å². The Kier molecular flexibility index (Phi) is 2.74. The second kappa shape index (κ2) is 4.19. The van der Waals surface area contributed by atoms with E-state index in [4.69, 9.17) is 0 Å². The largest absolute Gasteiger partial charge is 0.250 e. The average Bonchev–Trinajstić information content (AvgIpc) is 2.19. The van der Waals surface area contributed by atoms with Crippen LogP contribution in [0.25, 0.3) is 0 Å². The molecule has 0 spiro atoms. The van der Waals surface area contributed by atoms with Crippen LogP contribution in [0.3, 0.4) is 0 Å². The molecule has 2 aromatic rings. The first-order valence-corrected chi connectivity index (χ1v) is 4.87. The average molecular weight is 206 g/mol. The number of rotatable bonds is 2. The number of hydrogen-bond acceptors (Lipinski definition) is 3. The van der Waals surface area contributed by atoms with E-state index >= 15 is 0 Å². The summed E-state index contributed by atoms with van der Waals surface area (Å²) >= 11 is 1.41. The summed E-state index contributed by atoms with van der Waals surface area (Å²) in [5.74, 6) is -0.467. The monoisotopic (exact) mass is 206 g/mol. The van der Waals surface area contributed by atoms with Crippen molar-refractivity contribution >= 4 is 11.8 Å². The van der Waals surface area contributed by atoms with Gasteiger partial charge in [-0.1, -0.05) is 17.8 Å². The second-order valence-corrected chi connectivity index (χ2v) is 3.68. The molecule has 0 N–H and O–H groups in total. The molecule has 0 fully saturated rings. The Morgan fingerprint density at radius 2 is 2.00 bits per heavy atom. The van der Waals surface area contributed by atoms with Crippen molar-refractivity contribution in [3.05, 3.63) is 48.7 Å². The van der Waals surface area contributed by atoms with Gasteiger partial charge in [-0.25, -0.2) is 9.97 Å². The van der Waals surface area contributed by atoms with E-state index in [9.17, 15) is 4.39 Å². The minimum Gasteiger partial charge on any atom is -0.250 e. The highest BCUT2D eigenvalue weighted by Gasteiger charge is 1.99. The zero-order valence-electron chi connectivity index (χ0n) is 7.22. The Hall–Kier alpha value is -1.42. The van der Waals surface area contributed by atoms with Crippen LogP contribution in [-0.4, -0.2) is 9.97 Å². The summed E-state index contributed by atoms with van der Waals surface area (Å²) in [5, 5.41) is 0.845. The van der Waals surface area contributed by atoms with Gasteiger partial charge in [-0.05, 0) is 18.2 Å². The number of aromatic nitrogens is 2. The van der Waals surface area contributed by atoms with Crippen molar-refractivity contribution in [2.24, 2.45) is 0 Å². The molecule has 2 rings (SSSR count). The molecular weight excluding hydrogens is 199 g/mol. The molecule has 0 aliphatic carbocycles. The molecule has 4 heteroatoms. The van der Waals surface area contributed by atoms with Gasteiger partial charge in [-0.15, -0.1) is 0 Å². The Bertz CT molecular complexity index is 419.